The summed E-state index contributed by atoms with van der Waals surface area (Å²) in [7, 11) is 0. The highest BCUT2D eigenvalue weighted by atomic mass is 79.9. The number of benzene rings is 2. The van der Waals surface area contributed by atoms with Crippen molar-refractivity contribution in [3.05, 3.63) is 60.0 Å². The second kappa shape index (κ2) is 6.18. The minimum atomic E-state index is -0.549. The summed E-state index contributed by atoms with van der Waals surface area (Å²) >= 11 is 20.9. The summed E-state index contributed by atoms with van der Waals surface area (Å²) in [5.74, 6) is 0.537. The van der Waals surface area contributed by atoms with Crippen molar-refractivity contribution in [1.82, 2.24) is 0 Å². The minimum Gasteiger partial charge on any atom is -0.454 e. The van der Waals surface area contributed by atoms with Gasteiger partial charge in [-0.15, -0.1) is 0 Å². The first-order chi connectivity index (χ1) is 9.40. The Balaban J connectivity index is 2.42. The number of rotatable bonds is 3. The molecule has 2 aromatic carbocycles. The Labute approximate surface area is 137 Å². The lowest BCUT2D eigenvalue weighted by Gasteiger charge is -2.10. The lowest BCUT2D eigenvalue weighted by Crippen LogP contribution is -1.92. The molecule has 0 saturated carbocycles. The molecule has 0 heterocycles. The molecule has 8 heteroatoms. The van der Waals surface area contributed by atoms with E-state index < -0.39 is 4.92 Å². The number of nitro groups is 1. The summed E-state index contributed by atoms with van der Waals surface area (Å²) in [6.45, 7) is 0. The molecule has 0 radical (unpaired) electrons. The summed E-state index contributed by atoms with van der Waals surface area (Å²) in [5.41, 5.74) is -0.153. The molecule has 0 amide bonds. The number of halogens is 4. The van der Waals surface area contributed by atoms with Crippen molar-refractivity contribution in [2.24, 2.45) is 0 Å². The fourth-order valence-electron chi connectivity index (χ4n) is 1.42. The molecule has 0 aliphatic carbocycles. The molecule has 0 unspecified atom stereocenters. The van der Waals surface area contributed by atoms with Crippen LogP contribution in [0.15, 0.2) is 34.8 Å². The maximum atomic E-state index is 10.8. The van der Waals surface area contributed by atoms with Crippen LogP contribution in [-0.4, -0.2) is 4.92 Å². The highest BCUT2D eigenvalue weighted by Crippen LogP contribution is 2.40. The van der Waals surface area contributed by atoms with Crippen LogP contribution in [0, 0.1) is 10.1 Å². The van der Waals surface area contributed by atoms with Gasteiger partial charge in [-0.3, -0.25) is 10.1 Å². The summed E-state index contributed by atoms with van der Waals surface area (Å²) in [6.07, 6.45) is 0. The fraction of sp³-hybridized carbons (Fsp3) is 0. The van der Waals surface area contributed by atoms with Crippen molar-refractivity contribution in [3.63, 3.8) is 0 Å². The van der Waals surface area contributed by atoms with Gasteiger partial charge in [-0.2, -0.15) is 0 Å². The predicted octanol–water partition coefficient (Wildman–Crippen LogP) is 6.11. The molecular weight excluding hydrogens is 392 g/mol. The first kappa shape index (κ1) is 15.4. The first-order valence-corrected chi connectivity index (χ1v) is 7.08. The van der Waals surface area contributed by atoms with Gasteiger partial charge in [-0.1, -0.05) is 40.9 Å². The molecule has 0 saturated heterocycles. The summed E-state index contributed by atoms with van der Waals surface area (Å²) in [6, 6.07) is 7.49. The second-order valence-corrected chi connectivity index (χ2v) is 5.69. The molecule has 0 aromatic heterocycles. The molecular formula is C12H5BrCl3NO3. The van der Waals surface area contributed by atoms with Gasteiger partial charge in [0.05, 0.1) is 19.4 Å². The average Bonchev–Trinajstić information content (AvgIpc) is 2.38. The minimum absolute atomic E-state index is 0.0935. The second-order valence-electron chi connectivity index (χ2n) is 3.65. The Morgan fingerprint density at radius 1 is 1.10 bits per heavy atom. The van der Waals surface area contributed by atoms with Crippen LogP contribution in [0.2, 0.25) is 15.1 Å². The molecule has 0 fully saturated rings. The van der Waals surface area contributed by atoms with E-state index in [1.165, 1.54) is 12.1 Å². The molecule has 0 bridgehead atoms. The lowest BCUT2D eigenvalue weighted by atomic mass is 10.3. The van der Waals surface area contributed by atoms with Gasteiger partial charge < -0.3 is 4.74 Å². The van der Waals surface area contributed by atoms with Gasteiger partial charge >= 0.3 is 0 Å². The SMILES string of the molecule is O=[N+]([O-])c1cc(Cl)c(Oc2cccc(Cl)c2Cl)cc1Br. The van der Waals surface area contributed by atoms with Gasteiger partial charge in [-0.05, 0) is 28.1 Å². The van der Waals surface area contributed by atoms with E-state index >= 15 is 0 Å². The summed E-state index contributed by atoms with van der Waals surface area (Å²) in [5, 5.41) is 11.4. The van der Waals surface area contributed by atoms with Crippen LogP contribution >= 0.6 is 50.7 Å². The van der Waals surface area contributed by atoms with Gasteiger partial charge in [0.2, 0.25) is 0 Å². The molecule has 2 rings (SSSR count). The van der Waals surface area contributed by atoms with Crippen molar-refractivity contribution in [2.45, 2.75) is 0 Å². The Bertz CT molecular complexity index is 694. The third kappa shape index (κ3) is 3.17. The standard InChI is InChI=1S/C12H5BrCl3NO3/c13-6-4-11(8(15)5-9(6)17(18)19)20-10-3-1-2-7(14)12(10)16/h1-5H. The van der Waals surface area contributed by atoms with Crippen LogP contribution in [0.3, 0.4) is 0 Å². The van der Waals surface area contributed by atoms with Crippen LogP contribution in [0.4, 0.5) is 5.69 Å². The van der Waals surface area contributed by atoms with Crippen LogP contribution in [0.25, 0.3) is 0 Å². The van der Waals surface area contributed by atoms with E-state index in [-0.39, 0.29) is 26.0 Å². The molecule has 4 nitrogen and oxygen atoms in total. The number of nitro benzene ring substituents is 1. The zero-order valence-corrected chi connectivity index (χ0v) is 13.4. The Hall–Kier alpha value is -1.01. The van der Waals surface area contributed by atoms with E-state index in [4.69, 9.17) is 39.5 Å². The predicted molar refractivity (Wildman–Crippen MR) is 82.3 cm³/mol. The Morgan fingerprint density at radius 2 is 1.80 bits per heavy atom. The molecule has 20 heavy (non-hydrogen) atoms. The first-order valence-electron chi connectivity index (χ1n) is 5.15. The largest absolute Gasteiger partial charge is 0.454 e. The highest BCUT2D eigenvalue weighted by molar-refractivity contribution is 9.10. The van der Waals surface area contributed by atoms with E-state index in [2.05, 4.69) is 15.9 Å². The normalized spacial score (nSPS) is 10.4. The lowest BCUT2D eigenvalue weighted by molar-refractivity contribution is -0.385. The Kier molecular flexibility index (Phi) is 4.75. The Morgan fingerprint density at radius 3 is 2.45 bits per heavy atom. The van der Waals surface area contributed by atoms with Crippen molar-refractivity contribution in [3.8, 4) is 11.5 Å². The van der Waals surface area contributed by atoms with Crippen molar-refractivity contribution < 1.29 is 9.66 Å². The van der Waals surface area contributed by atoms with Crippen molar-refractivity contribution >= 4 is 56.4 Å². The van der Waals surface area contributed by atoms with Crippen LogP contribution in [0.1, 0.15) is 0 Å². The van der Waals surface area contributed by atoms with E-state index in [0.717, 1.165) is 0 Å². The topological polar surface area (TPSA) is 52.4 Å². The number of ether oxygens (including phenoxy) is 1. The molecule has 104 valence electrons. The zero-order chi connectivity index (χ0) is 14.9. The average molecular weight is 397 g/mol. The van der Waals surface area contributed by atoms with E-state index in [0.29, 0.717) is 10.8 Å². The smallest absolute Gasteiger partial charge is 0.285 e. The van der Waals surface area contributed by atoms with Crippen LogP contribution in [-0.2, 0) is 0 Å². The molecule has 0 spiro atoms. The molecule has 0 N–H and O–H groups in total. The molecule has 2 aromatic rings. The quantitative estimate of drug-likeness (QED) is 0.464. The summed E-state index contributed by atoms with van der Waals surface area (Å²) < 4.78 is 5.79. The third-order valence-corrected chi connectivity index (χ3v) is 4.07. The van der Waals surface area contributed by atoms with E-state index in [1.807, 2.05) is 0 Å². The van der Waals surface area contributed by atoms with Crippen LogP contribution < -0.4 is 4.74 Å². The highest BCUT2D eigenvalue weighted by Gasteiger charge is 2.17. The zero-order valence-electron chi connectivity index (χ0n) is 9.57. The maximum Gasteiger partial charge on any atom is 0.285 e. The molecule has 0 atom stereocenters. The molecule has 0 aliphatic rings. The maximum absolute atomic E-state index is 10.8. The van der Waals surface area contributed by atoms with Gasteiger partial charge in [0.25, 0.3) is 5.69 Å². The number of hydrogen-bond acceptors (Lipinski definition) is 3. The third-order valence-electron chi connectivity index (χ3n) is 2.33. The van der Waals surface area contributed by atoms with E-state index in [1.54, 1.807) is 18.2 Å². The van der Waals surface area contributed by atoms with Gasteiger partial charge in [-0.25, -0.2) is 0 Å². The number of nitrogens with zero attached hydrogens (tertiary/aromatic N) is 1. The van der Waals surface area contributed by atoms with Crippen LogP contribution in [0.5, 0.6) is 11.5 Å². The summed E-state index contributed by atoms with van der Waals surface area (Å²) in [4.78, 5) is 10.2. The van der Waals surface area contributed by atoms with Gasteiger partial charge in [0.15, 0.2) is 0 Å². The van der Waals surface area contributed by atoms with Gasteiger partial charge in [0.1, 0.15) is 16.5 Å². The fourth-order valence-corrected chi connectivity index (χ4v) is 2.41. The van der Waals surface area contributed by atoms with Crippen molar-refractivity contribution in [2.75, 3.05) is 0 Å². The number of hydrogen-bond donors (Lipinski definition) is 0. The van der Waals surface area contributed by atoms with Crippen molar-refractivity contribution in [1.29, 1.82) is 0 Å². The monoisotopic (exact) mass is 395 g/mol. The van der Waals surface area contributed by atoms with Gasteiger partial charge in [0, 0.05) is 12.1 Å². The molecule has 0 aliphatic heterocycles. The van der Waals surface area contributed by atoms with E-state index in [9.17, 15) is 10.1 Å².